The Bertz CT molecular complexity index is 550. The molecule has 2 nitrogen and oxygen atoms in total. The van der Waals surface area contributed by atoms with Crippen molar-refractivity contribution in [3.8, 4) is 0 Å². The van der Waals surface area contributed by atoms with Crippen molar-refractivity contribution in [1.82, 2.24) is 0 Å². The van der Waals surface area contributed by atoms with Crippen molar-refractivity contribution in [1.29, 1.82) is 0 Å². The fraction of sp³-hybridized carbons (Fsp3) is 0.250. The van der Waals surface area contributed by atoms with Gasteiger partial charge < -0.3 is 11.1 Å². The van der Waals surface area contributed by atoms with Crippen LogP contribution in [0.15, 0.2) is 54.6 Å². The first-order valence-electron chi connectivity index (χ1n) is 6.67. The van der Waals surface area contributed by atoms with Crippen LogP contribution in [0.2, 0.25) is 0 Å². The van der Waals surface area contributed by atoms with Crippen molar-refractivity contribution in [3.05, 3.63) is 65.7 Å². The molecule has 0 fully saturated rings. The lowest BCUT2D eigenvalue weighted by molar-refractivity contribution is -0.137. The number of alkyl halides is 3. The second kappa shape index (κ2) is 6.63. The third kappa shape index (κ3) is 4.49. The Balaban J connectivity index is 2.02. The second-order valence-corrected chi connectivity index (χ2v) is 4.84. The van der Waals surface area contributed by atoms with Gasteiger partial charge in [0.1, 0.15) is 0 Å². The minimum Gasteiger partial charge on any atom is -0.381 e. The molecular weight excluding hydrogens is 277 g/mol. The highest BCUT2D eigenvalue weighted by molar-refractivity contribution is 5.46. The van der Waals surface area contributed by atoms with Crippen LogP contribution < -0.4 is 11.1 Å². The Morgan fingerprint density at radius 2 is 1.57 bits per heavy atom. The number of nitrogens with two attached hydrogens (primary N) is 1. The molecule has 112 valence electrons. The second-order valence-electron chi connectivity index (χ2n) is 4.84. The molecule has 5 heteroatoms. The van der Waals surface area contributed by atoms with Crippen LogP contribution in [-0.2, 0) is 12.6 Å². The normalized spacial score (nSPS) is 13.0. The average molecular weight is 294 g/mol. The summed E-state index contributed by atoms with van der Waals surface area (Å²) in [6, 6.07) is 14.8. The Morgan fingerprint density at radius 3 is 2.10 bits per heavy atom. The molecule has 0 aliphatic heterocycles. The van der Waals surface area contributed by atoms with Crippen molar-refractivity contribution in [3.63, 3.8) is 0 Å². The summed E-state index contributed by atoms with van der Waals surface area (Å²) in [6.07, 6.45) is -3.59. The molecule has 3 N–H and O–H groups in total. The molecule has 0 saturated heterocycles. The predicted octanol–water partition coefficient (Wildman–Crippen LogP) is 3.69. The van der Waals surface area contributed by atoms with Gasteiger partial charge in [-0.25, -0.2) is 0 Å². The third-order valence-corrected chi connectivity index (χ3v) is 3.19. The minimum atomic E-state index is -4.31. The highest BCUT2D eigenvalue weighted by Gasteiger charge is 2.29. The van der Waals surface area contributed by atoms with Crippen LogP contribution in [0, 0.1) is 0 Å². The molecule has 0 bridgehead atoms. The lowest BCUT2D eigenvalue weighted by atomic mass is 10.1. The van der Waals surface area contributed by atoms with Gasteiger partial charge in [0.25, 0.3) is 0 Å². The molecule has 1 unspecified atom stereocenters. The molecule has 0 aromatic heterocycles. The predicted molar refractivity (Wildman–Crippen MR) is 78.1 cm³/mol. The summed E-state index contributed by atoms with van der Waals surface area (Å²) in [7, 11) is 0. The highest BCUT2D eigenvalue weighted by Crippen LogP contribution is 2.29. The van der Waals surface area contributed by atoms with E-state index in [4.69, 9.17) is 5.73 Å². The van der Waals surface area contributed by atoms with Crippen molar-refractivity contribution in [2.75, 3.05) is 11.9 Å². The SMILES string of the molecule is NCC(Cc1ccccc1)Nc1ccc(C(F)(F)F)cc1. The Kier molecular flexibility index (Phi) is 4.85. The van der Waals surface area contributed by atoms with Gasteiger partial charge >= 0.3 is 6.18 Å². The average Bonchev–Trinajstić information content (AvgIpc) is 2.47. The van der Waals surface area contributed by atoms with E-state index in [2.05, 4.69) is 5.32 Å². The maximum atomic E-state index is 12.5. The zero-order valence-corrected chi connectivity index (χ0v) is 11.4. The van der Waals surface area contributed by atoms with Gasteiger partial charge in [0.2, 0.25) is 0 Å². The molecule has 0 saturated carbocycles. The van der Waals surface area contributed by atoms with Crippen molar-refractivity contribution >= 4 is 5.69 Å². The molecule has 0 heterocycles. The van der Waals surface area contributed by atoms with Crippen LogP contribution in [0.25, 0.3) is 0 Å². The number of halogens is 3. The first-order valence-corrected chi connectivity index (χ1v) is 6.67. The number of anilines is 1. The van der Waals surface area contributed by atoms with Gasteiger partial charge in [0.05, 0.1) is 5.56 Å². The van der Waals surface area contributed by atoms with Gasteiger partial charge in [-0.1, -0.05) is 30.3 Å². The molecular formula is C16H17F3N2. The van der Waals surface area contributed by atoms with Crippen LogP contribution in [0.1, 0.15) is 11.1 Å². The molecule has 2 aromatic carbocycles. The minimum absolute atomic E-state index is 0.0239. The first-order chi connectivity index (χ1) is 9.99. The summed E-state index contributed by atoms with van der Waals surface area (Å²) in [5, 5.41) is 3.16. The van der Waals surface area contributed by atoms with Crippen molar-refractivity contribution < 1.29 is 13.2 Å². The topological polar surface area (TPSA) is 38.0 Å². The maximum absolute atomic E-state index is 12.5. The molecule has 1 atom stereocenters. The number of benzene rings is 2. The summed E-state index contributed by atoms with van der Waals surface area (Å²) in [5.41, 5.74) is 6.84. The van der Waals surface area contributed by atoms with Crippen molar-refractivity contribution in [2.24, 2.45) is 5.73 Å². The molecule has 0 spiro atoms. The van der Waals surface area contributed by atoms with Gasteiger partial charge in [-0.05, 0) is 36.2 Å². The number of nitrogens with one attached hydrogen (secondary N) is 1. The van der Waals surface area contributed by atoms with Crippen LogP contribution in [0.5, 0.6) is 0 Å². The Morgan fingerprint density at radius 1 is 0.952 bits per heavy atom. The highest BCUT2D eigenvalue weighted by atomic mass is 19.4. The number of rotatable bonds is 5. The molecule has 0 radical (unpaired) electrons. The maximum Gasteiger partial charge on any atom is 0.416 e. The van der Waals surface area contributed by atoms with Crippen molar-refractivity contribution in [2.45, 2.75) is 18.6 Å². The van der Waals surface area contributed by atoms with E-state index in [1.807, 2.05) is 30.3 Å². The van der Waals surface area contributed by atoms with E-state index in [0.717, 1.165) is 24.1 Å². The molecule has 0 aliphatic carbocycles. The fourth-order valence-electron chi connectivity index (χ4n) is 2.08. The Labute approximate surface area is 121 Å². The Hall–Kier alpha value is -2.01. The van der Waals surface area contributed by atoms with E-state index in [9.17, 15) is 13.2 Å². The van der Waals surface area contributed by atoms with Gasteiger partial charge in [-0.2, -0.15) is 13.2 Å². The van der Waals surface area contributed by atoms with E-state index < -0.39 is 11.7 Å². The molecule has 0 amide bonds. The number of hydrogen-bond acceptors (Lipinski definition) is 2. The molecule has 2 aromatic rings. The zero-order valence-electron chi connectivity index (χ0n) is 11.4. The molecule has 2 rings (SSSR count). The van der Waals surface area contributed by atoms with Gasteiger partial charge in [0, 0.05) is 18.3 Å². The van der Waals surface area contributed by atoms with E-state index in [0.29, 0.717) is 12.2 Å². The van der Waals surface area contributed by atoms with Gasteiger partial charge in [-0.3, -0.25) is 0 Å². The van der Waals surface area contributed by atoms with E-state index in [1.165, 1.54) is 12.1 Å². The van der Waals surface area contributed by atoms with Gasteiger partial charge in [-0.15, -0.1) is 0 Å². The largest absolute Gasteiger partial charge is 0.416 e. The monoisotopic (exact) mass is 294 g/mol. The van der Waals surface area contributed by atoms with E-state index in [1.54, 1.807) is 0 Å². The lowest BCUT2D eigenvalue weighted by Crippen LogP contribution is -2.31. The van der Waals surface area contributed by atoms with E-state index in [-0.39, 0.29) is 6.04 Å². The number of hydrogen-bond donors (Lipinski definition) is 2. The first kappa shape index (κ1) is 15.4. The smallest absolute Gasteiger partial charge is 0.381 e. The van der Waals surface area contributed by atoms with E-state index >= 15 is 0 Å². The van der Waals surface area contributed by atoms with Crippen LogP contribution in [0.4, 0.5) is 18.9 Å². The van der Waals surface area contributed by atoms with Crippen LogP contribution in [-0.4, -0.2) is 12.6 Å². The quantitative estimate of drug-likeness (QED) is 0.882. The summed E-state index contributed by atoms with van der Waals surface area (Å²) >= 11 is 0. The summed E-state index contributed by atoms with van der Waals surface area (Å²) in [6.45, 7) is 0.399. The van der Waals surface area contributed by atoms with Crippen LogP contribution in [0.3, 0.4) is 0 Å². The standard InChI is InChI=1S/C16H17F3N2/c17-16(18,19)13-6-8-14(9-7-13)21-15(11-20)10-12-4-2-1-3-5-12/h1-9,15,21H,10-11,20H2. The summed E-state index contributed by atoms with van der Waals surface area (Å²) in [4.78, 5) is 0. The molecule has 21 heavy (non-hydrogen) atoms. The van der Waals surface area contributed by atoms with Gasteiger partial charge in [0.15, 0.2) is 0 Å². The van der Waals surface area contributed by atoms with Crippen LogP contribution >= 0.6 is 0 Å². The summed E-state index contributed by atoms with van der Waals surface area (Å²) in [5.74, 6) is 0. The molecule has 0 aliphatic rings. The summed E-state index contributed by atoms with van der Waals surface area (Å²) < 4.78 is 37.5. The third-order valence-electron chi connectivity index (χ3n) is 3.19. The zero-order chi connectivity index (χ0) is 15.3. The fourth-order valence-corrected chi connectivity index (χ4v) is 2.08. The lowest BCUT2D eigenvalue weighted by Gasteiger charge is -2.18.